The van der Waals surface area contributed by atoms with E-state index in [9.17, 15) is 0 Å². The van der Waals surface area contributed by atoms with Gasteiger partial charge in [-0.1, -0.05) is 39.0 Å². The summed E-state index contributed by atoms with van der Waals surface area (Å²) in [5.41, 5.74) is 2.94. The van der Waals surface area contributed by atoms with E-state index >= 15 is 0 Å². The summed E-state index contributed by atoms with van der Waals surface area (Å²) in [6.07, 6.45) is 17.1. The van der Waals surface area contributed by atoms with Crippen LogP contribution in [0.3, 0.4) is 0 Å². The zero-order valence-corrected chi connectivity index (χ0v) is 10.9. The van der Waals surface area contributed by atoms with E-state index < -0.39 is 0 Å². The standard InChI is InChI=1S/C16H26/c1-2-3-4-5-6-7-13-12-16(13)14(8-9-14)15(16)10-11-15/h13H,2-12H2,1H3. The van der Waals surface area contributed by atoms with E-state index in [1.807, 2.05) is 0 Å². The van der Waals surface area contributed by atoms with Crippen molar-refractivity contribution in [1.82, 2.24) is 0 Å². The second kappa shape index (κ2) is 2.87. The Morgan fingerprint density at radius 2 is 1.50 bits per heavy atom. The van der Waals surface area contributed by atoms with Crippen molar-refractivity contribution in [2.75, 3.05) is 0 Å². The summed E-state index contributed by atoms with van der Waals surface area (Å²) in [4.78, 5) is 0. The first kappa shape index (κ1) is 9.97. The molecule has 0 aromatic heterocycles. The number of hydrogen-bond donors (Lipinski definition) is 0. The Morgan fingerprint density at radius 3 is 2.06 bits per heavy atom. The van der Waals surface area contributed by atoms with Crippen molar-refractivity contribution >= 4 is 0 Å². The molecule has 0 amide bonds. The average Bonchev–Trinajstić information content (AvgIpc) is 3.07. The van der Waals surface area contributed by atoms with Crippen molar-refractivity contribution in [3.05, 3.63) is 0 Å². The maximum absolute atomic E-state index is 2.31. The minimum atomic E-state index is 0.977. The van der Waals surface area contributed by atoms with Crippen LogP contribution in [0.2, 0.25) is 0 Å². The Labute approximate surface area is 100 Å². The van der Waals surface area contributed by atoms with Crippen molar-refractivity contribution in [2.45, 2.75) is 77.6 Å². The Kier molecular flexibility index (Phi) is 1.79. The molecule has 0 saturated heterocycles. The summed E-state index contributed by atoms with van der Waals surface area (Å²) in [5, 5.41) is 0. The van der Waals surface area contributed by atoms with Gasteiger partial charge in [0.05, 0.1) is 0 Å². The van der Waals surface area contributed by atoms with Gasteiger partial charge in [-0.15, -0.1) is 0 Å². The molecule has 90 valence electrons. The summed E-state index contributed by atoms with van der Waals surface area (Å²) < 4.78 is 0. The lowest BCUT2D eigenvalue weighted by Gasteiger charge is -2.00. The summed E-state index contributed by atoms with van der Waals surface area (Å²) in [5.74, 6) is 1.19. The molecule has 4 aliphatic rings. The van der Waals surface area contributed by atoms with E-state index in [2.05, 4.69) is 6.92 Å². The zero-order chi connectivity index (χ0) is 10.9. The van der Waals surface area contributed by atoms with Gasteiger partial charge in [0.1, 0.15) is 0 Å². The third-order valence-electron chi connectivity index (χ3n) is 6.82. The van der Waals surface area contributed by atoms with E-state index in [-0.39, 0.29) is 0 Å². The van der Waals surface area contributed by atoms with Crippen molar-refractivity contribution in [3.8, 4) is 0 Å². The molecule has 0 aliphatic heterocycles. The highest BCUT2D eigenvalue weighted by atomic mass is 15.0. The van der Waals surface area contributed by atoms with E-state index in [1.54, 1.807) is 44.9 Å². The van der Waals surface area contributed by atoms with Gasteiger partial charge in [0.25, 0.3) is 0 Å². The fraction of sp³-hybridized carbons (Fsp3) is 1.00. The summed E-state index contributed by atoms with van der Waals surface area (Å²) >= 11 is 0. The molecular weight excluding hydrogens is 192 g/mol. The van der Waals surface area contributed by atoms with Crippen LogP contribution < -0.4 is 0 Å². The lowest BCUT2D eigenvalue weighted by atomic mass is 10.1. The fourth-order valence-electron chi connectivity index (χ4n) is 5.91. The number of fused-ring (bicyclic) bond motifs is 3. The lowest BCUT2D eigenvalue weighted by Crippen LogP contribution is -1.87. The predicted molar refractivity (Wildman–Crippen MR) is 67.3 cm³/mol. The number of hydrogen-bond acceptors (Lipinski definition) is 0. The SMILES string of the molecule is CCCCCCCC1CC12C1(CC1)C21CC1. The highest BCUT2D eigenvalue weighted by Gasteiger charge is 3.00. The van der Waals surface area contributed by atoms with Crippen LogP contribution in [0.15, 0.2) is 0 Å². The second-order valence-electron chi connectivity index (χ2n) is 7.24. The van der Waals surface area contributed by atoms with Gasteiger partial charge in [-0.2, -0.15) is 0 Å². The van der Waals surface area contributed by atoms with Crippen LogP contribution in [0, 0.1) is 22.2 Å². The first-order valence-electron chi connectivity index (χ1n) is 7.83. The third-order valence-corrected chi connectivity index (χ3v) is 6.82. The lowest BCUT2D eigenvalue weighted by molar-refractivity contribution is 0.524. The Hall–Kier alpha value is 0. The molecule has 4 aliphatic carbocycles. The molecule has 4 rings (SSSR count). The monoisotopic (exact) mass is 218 g/mol. The van der Waals surface area contributed by atoms with Gasteiger partial charge in [0, 0.05) is 0 Å². The largest absolute Gasteiger partial charge is 0.0654 e. The molecule has 0 radical (unpaired) electrons. The molecular formula is C16H26. The van der Waals surface area contributed by atoms with Gasteiger partial charge in [0.2, 0.25) is 0 Å². The van der Waals surface area contributed by atoms with E-state index in [0.717, 1.165) is 16.2 Å². The molecule has 3 spiro atoms. The molecule has 1 atom stereocenters. The van der Waals surface area contributed by atoms with Crippen molar-refractivity contribution in [3.63, 3.8) is 0 Å². The van der Waals surface area contributed by atoms with Gasteiger partial charge in [0.15, 0.2) is 0 Å². The van der Waals surface area contributed by atoms with Gasteiger partial charge in [-0.25, -0.2) is 0 Å². The minimum Gasteiger partial charge on any atom is -0.0654 e. The van der Waals surface area contributed by atoms with Crippen molar-refractivity contribution in [2.24, 2.45) is 22.2 Å². The molecule has 1 unspecified atom stereocenters. The van der Waals surface area contributed by atoms with Crippen LogP contribution in [0.25, 0.3) is 0 Å². The van der Waals surface area contributed by atoms with Crippen LogP contribution in [0.1, 0.15) is 77.6 Å². The van der Waals surface area contributed by atoms with E-state index in [0.29, 0.717) is 0 Å². The number of unbranched alkanes of at least 4 members (excludes halogenated alkanes) is 4. The Morgan fingerprint density at radius 1 is 0.875 bits per heavy atom. The van der Waals surface area contributed by atoms with Crippen LogP contribution in [0.4, 0.5) is 0 Å². The van der Waals surface area contributed by atoms with Gasteiger partial charge in [-0.3, -0.25) is 0 Å². The normalized spacial score (nSPS) is 36.9. The molecule has 0 heteroatoms. The first-order valence-corrected chi connectivity index (χ1v) is 7.83. The molecule has 0 aromatic rings. The quantitative estimate of drug-likeness (QED) is 0.555. The Balaban J connectivity index is 1.25. The minimum absolute atomic E-state index is 0.977. The maximum Gasteiger partial charge on any atom is -0.0142 e. The molecule has 4 saturated carbocycles. The summed E-state index contributed by atoms with van der Waals surface area (Å²) in [6, 6.07) is 0. The Bertz CT molecular complexity index is 288. The molecule has 0 N–H and O–H groups in total. The molecule has 0 heterocycles. The van der Waals surface area contributed by atoms with Crippen LogP contribution in [-0.2, 0) is 0 Å². The van der Waals surface area contributed by atoms with Crippen LogP contribution in [-0.4, -0.2) is 0 Å². The van der Waals surface area contributed by atoms with Crippen molar-refractivity contribution < 1.29 is 0 Å². The third kappa shape index (κ3) is 0.910. The fourth-order valence-corrected chi connectivity index (χ4v) is 5.91. The molecule has 4 fully saturated rings. The molecule has 0 nitrogen and oxygen atoms in total. The molecule has 16 heavy (non-hydrogen) atoms. The van der Waals surface area contributed by atoms with Crippen LogP contribution in [0.5, 0.6) is 0 Å². The number of rotatable bonds is 6. The van der Waals surface area contributed by atoms with Crippen molar-refractivity contribution in [1.29, 1.82) is 0 Å². The summed E-state index contributed by atoms with van der Waals surface area (Å²) in [7, 11) is 0. The first-order chi connectivity index (χ1) is 7.83. The second-order valence-corrected chi connectivity index (χ2v) is 7.24. The highest BCUT2D eigenvalue weighted by Crippen LogP contribution is 3.07. The van der Waals surface area contributed by atoms with E-state index in [1.165, 1.54) is 31.6 Å². The highest BCUT2D eigenvalue weighted by molar-refractivity contribution is 5.48. The van der Waals surface area contributed by atoms with Gasteiger partial charge in [-0.05, 0) is 60.7 Å². The summed E-state index contributed by atoms with van der Waals surface area (Å²) in [6.45, 7) is 2.31. The zero-order valence-electron chi connectivity index (χ0n) is 10.9. The molecule has 0 bridgehead atoms. The average molecular weight is 218 g/mol. The predicted octanol–water partition coefficient (Wildman–Crippen LogP) is 4.93. The smallest absolute Gasteiger partial charge is 0.0142 e. The van der Waals surface area contributed by atoms with Crippen LogP contribution >= 0.6 is 0 Å². The molecule has 0 aromatic carbocycles. The van der Waals surface area contributed by atoms with Gasteiger partial charge < -0.3 is 0 Å². The maximum atomic E-state index is 2.31. The topological polar surface area (TPSA) is 0 Å². The van der Waals surface area contributed by atoms with Gasteiger partial charge >= 0.3 is 0 Å². The van der Waals surface area contributed by atoms with E-state index in [4.69, 9.17) is 0 Å².